The number of hydrogen-bond acceptors (Lipinski definition) is 3. The summed E-state index contributed by atoms with van der Waals surface area (Å²) < 4.78 is 5.34. The first-order valence-electron chi connectivity index (χ1n) is 8.65. The van der Waals surface area contributed by atoms with Crippen LogP contribution in [0.25, 0.3) is 0 Å². The molecule has 1 saturated heterocycles. The quantitative estimate of drug-likeness (QED) is 0.387. The lowest BCUT2D eigenvalue weighted by Gasteiger charge is -2.32. The van der Waals surface area contributed by atoms with Crippen LogP contribution in [0.1, 0.15) is 46.5 Å². The number of ether oxygens (including phenoxy) is 1. The molecule has 5 heteroatoms. The first kappa shape index (κ1) is 18.2. The monoisotopic (exact) mass is 298 g/mol. The molecular weight excluding hydrogens is 264 g/mol. The van der Waals surface area contributed by atoms with Gasteiger partial charge in [0, 0.05) is 45.4 Å². The van der Waals surface area contributed by atoms with Crippen molar-refractivity contribution in [1.29, 1.82) is 0 Å². The molecule has 1 heterocycles. The lowest BCUT2D eigenvalue weighted by atomic mass is 10.1. The zero-order valence-electron chi connectivity index (χ0n) is 14.2. The van der Waals surface area contributed by atoms with Crippen LogP contribution in [0.2, 0.25) is 0 Å². The molecule has 1 rings (SSSR count). The minimum absolute atomic E-state index is 0.558. The van der Waals surface area contributed by atoms with E-state index >= 15 is 0 Å². The molecule has 0 amide bonds. The maximum atomic E-state index is 5.34. The predicted molar refractivity (Wildman–Crippen MR) is 90.0 cm³/mol. The van der Waals surface area contributed by atoms with E-state index in [0.29, 0.717) is 6.04 Å². The van der Waals surface area contributed by atoms with Crippen molar-refractivity contribution in [2.45, 2.75) is 52.5 Å². The Kier molecular flexibility index (Phi) is 10.3. The normalized spacial score (nSPS) is 18.0. The van der Waals surface area contributed by atoms with Gasteiger partial charge in [-0.05, 0) is 46.1 Å². The fraction of sp³-hybridized carbons (Fsp3) is 0.938. The summed E-state index contributed by atoms with van der Waals surface area (Å²) in [4.78, 5) is 7.20. The summed E-state index contributed by atoms with van der Waals surface area (Å²) in [6.45, 7) is 13.4. The molecule has 0 spiro atoms. The van der Waals surface area contributed by atoms with Gasteiger partial charge in [-0.3, -0.25) is 4.99 Å². The molecule has 0 radical (unpaired) electrons. The highest BCUT2D eigenvalue weighted by Gasteiger charge is 2.19. The number of hydrogen-bond donors (Lipinski definition) is 2. The van der Waals surface area contributed by atoms with Gasteiger partial charge in [0.05, 0.1) is 0 Å². The van der Waals surface area contributed by atoms with Crippen LogP contribution in [0, 0.1) is 0 Å². The third-order valence-electron chi connectivity index (χ3n) is 3.73. The average Bonchev–Trinajstić information content (AvgIpc) is 2.49. The number of nitrogens with zero attached hydrogens (tertiary/aromatic N) is 2. The van der Waals surface area contributed by atoms with E-state index in [1.54, 1.807) is 0 Å². The molecule has 0 aliphatic carbocycles. The largest absolute Gasteiger partial charge is 0.382 e. The first-order valence-corrected chi connectivity index (χ1v) is 8.65. The Morgan fingerprint density at radius 3 is 2.62 bits per heavy atom. The van der Waals surface area contributed by atoms with Crippen molar-refractivity contribution in [2.24, 2.45) is 4.99 Å². The zero-order valence-corrected chi connectivity index (χ0v) is 14.2. The number of nitrogens with one attached hydrogen (secondary N) is 2. The molecule has 124 valence electrons. The minimum atomic E-state index is 0.558. The summed E-state index contributed by atoms with van der Waals surface area (Å²) >= 11 is 0. The van der Waals surface area contributed by atoms with Crippen molar-refractivity contribution < 1.29 is 4.74 Å². The smallest absolute Gasteiger partial charge is 0.191 e. The second-order valence-electron chi connectivity index (χ2n) is 5.57. The molecule has 0 aromatic heterocycles. The van der Waals surface area contributed by atoms with Crippen LogP contribution in [-0.2, 0) is 4.74 Å². The molecule has 0 bridgehead atoms. The SMILES string of the molecule is CCCN1CCC(NC(=NCCCOCC)NCC)CC1. The topological polar surface area (TPSA) is 48.9 Å². The molecule has 5 nitrogen and oxygen atoms in total. The third-order valence-corrected chi connectivity index (χ3v) is 3.73. The molecule has 0 aromatic carbocycles. The molecule has 1 fully saturated rings. The summed E-state index contributed by atoms with van der Waals surface area (Å²) in [7, 11) is 0. The summed E-state index contributed by atoms with van der Waals surface area (Å²) in [5, 5.41) is 6.92. The van der Waals surface area contributed by atoms with E-state index in [1.165, 1.54) is 38.9 Å². The highest BCUT2D eigenvalue weighted by atomic mass is 16.5. The Hall–Kier alpha value is -0.810. The molecular formula is C16H34N4O. The van der Waals surface area contributed by atoms with Crippen LogP contribution in [-0.4, -0.2) is 62.8 Å². The van der Waals surface area contributed by atoms with E-state index in [9.17, 15) is 0 Å². The molecule has 2 N–H and O–H groups in total. The Balaban J connectivity index is 2.28. The Morgan fingerprint density at radius 2 is 2.00 bits per heavy atom. The fourth-order valence-corrected chi connectivity index (χ4v) is 2.63. The molecule has 1 aliphatic rings. The molecule has 0 atom stereocenters. The summed E-state index contributed by atoms with van der Waals surface area (Å²) in [5.74, 6) is 0.961. The number of aliphatic imine (C=N–C) groups is 1. The number of piperidine rings is 1. The minimum Gasteiger partial charge on any atom is -0.382 e. The lowest BCUT2D eigenvalue weighted by molar-refractivity contribution is 0.146. The second kappa shape index (κ2) is 11.8. The summed E-state index contributed by atoms with van der Waals surface area (Å²) in [5.41, 5.74) is 0. The summed E-state index contributed by atoms with van der Waals surface area (Å²) in [6.07, 6.45) is 4.66. The van der Waals surface area contributed by atoms with Gasteiger partial charge in [0.2, 0.25) is 0 Å². The van der Waals surface area contributed by atoms with Crippen LogP contribution < -0.4 is 10.6 Å². The van der Waals surface area contributed by atoms with Crippen molar-refractivity contribution >= 4 is 5.96 Å². The molecule has 0 unspecified atom stereocenters. The van der Waals surface area contributed by atoms with E-state index in [-0.39, 0.29) is 0 Å². The van der Waals surface area contributed by atoms with Crippen LogP contribution >= 0.6 is 0 Å². The van der Waals surface area contributed by atoms with Gasteiger partial charge in [0.1, 0.15) is 0 Å². The van der Waals surface area contributed by atoms with Gasteiger partial charge >= 0.3 is 0 Å². The van der Waals surface area contributed by atoms with Crippen LogP contribution in [0.3, 0.4) is 0 Å². The van der Waals surface area contributed by atoms with Crippen molar-refractivity contribution in [2.75, 3.05) is 45.9 Å². The van der Waals surface area contributed by atoms with E-state index in [0.717, 1.165) is 38.7 Å². The van der Waals surface area contributed by atoms with Crippen LogP contribution in [0.4, 0.5) is 0 Å². The lowest BCUT2D eigenvalue weighted by Crippen LogP contribution is -2.48. The Bertz CT molecular complexity index is 275. The van der Waals surface area contributed by atoms with Gasteiger partial charge in [0.15, 0.2) is 5.96 Å². The van der Waals surface area contributed by atoms with Crippen molar-refractivity contribution in [3.63, 3.8) is 0 Å². The van der Waals surface area contributed by atoms with Gasteiger partial charge in [-0.25, -0.2) is 0 Å². The zero-order chi connectivity index (χ0) is 15.3. The number of rotatable bonds is 9. The average molecular weight is 298 g/mol. The van der Waals surface area contributed by atoms with Crippen molar-refractivity contribution in [3.8, 4) is 0 Å². The standard InChI is InChI=1S/C16H34N4O/c1-4-11-20-12-8-15(9-13-20)19-16(17-5-2)18-10-7-14-21-6-3/h15H,4-14H2,1-3H3,(H2,17,18,19). The molecule has 0 aromatic rings. The predicted octanol–water partition coefficient (Wildman–Crippen LogP) is 1.84. The maximum absolute atomic E-state index is 5.34. The van der Waals surface area contributed by atoms with Gasteiger partial charge in [-0.1, -0.05) is 6.92 Å². The number of likely N-dealkylation sites (tertiary alicyclic amines) is 1. The van der Waals surface area contributed by atoms with Crippen LogP contribution in [0.5, 0.6) is 0 Å². The van der Waals surface area contributed by atoms with Gasteiger partial charge < -0.3 is 20.3 Å². The molecule has 21 heavy (non-hydrogen) atoms. The van der Waals surface area contributed by atoms with E-state index < -0.39 is 0 Å². The first-order chi connectivity index (χ1) is 10.3. The van der Waals surface area contributed by atoms with E-state index in [1.807, 2.05) is 6.92 Å². The summed E-state index contributed by atoms with van der Waals surface area (Å²) in [6, 6.07) is 0.558. The highest BCUT2D eigenvalue weighted by molar-refractivity contribution is 5.80. The van der Waals surface area contributed by atoms with Gasteiger partial charge in [-0.2, -0.15) is 0 Å². The van der Waals surface area contributed by atoms with E-state index in [2.05, 4.69) is 34.4 Å². The van der Waals surface area contributed by atoms with E-state index in [4.69, 9.17) is 4.74 Å². The van der Waals surface area contributed by atoms with Gasteiger partial charge in [0.25, 0.3) is 0 Å². The third kappa shape index (κ3) is 8.27. The fourth-order valence-electron chi connectivity index (χ4n) is 2.63. The Morgan fingerprint density at radius 1 is 1.24 bits per heavy atom. The van der Waals surface area contributed by atoms with Gasteiger partial charge in [-0.15, -0.1) is 0 Å². The van der Waals surface area contributed by atoms with Crippen molar-refractivity contribution in [1.82, 2.24) is 15.5 Å². The maximum Gasteiger partial charge on any atom is 0.191 e. The van der Waals surface area contributed by atoms with Crippen LogP contribution in [0.15, 0.2) is 4.99 Å². The second-order valence-corrected chi connectivity index (χ2v) is 5.57. The van der Waals surface area contributed by atoms with Crippen molar-refractivity contribution in [3.05, 3.63) is 0 Å². The highest BCUT2D eigenvalue weighted by Crippen LogP contribution is 2.10. The molecule has 0 saturated carbocycles. The number of guanidine groups is 1. The molecule has 1 aliphatic heterocycles. The Labute approximate surface area is 130 Å².